The number of nitrogens with zero attached hydrogens (tertiary/aromatic N) is 2. The predicted octanol–water partition coefficient (Wildman–Crippen LogP) is 0.491. The molecular weight excluding hydrogens is 356 g/mol. The number of β-lactam (4-membered cyclic amide) rings is 1. The third-order valence-electron chi connectivity index (χ3n) is 6.92. The molecule has 0 spiro atoms. The summed E-state index contributed by atoms with van der Waals surface area (Å²) in [5.41, 5.74) is 0. The van der Waals surface area contributed by atoms with E-state index in [0.717, 1.165) is 12.8 Å². The fourth-order valence-electron chi connectivity index (χ4n) is 5.83. The van der Waals surface area contributed by atoms with Gasteiger partial charge in [0.15, 0.2) is 0 Å². The average Bonchev–Trinajstić information content (AvgIpc) is 3.01. The molecule has 8 unspecified atom stereocenters. The molecule has 3 heterocycles. The van der Waals surface area contributed by atoms with Crippen molar-refractivity contribution in [3.8, 4) is 0 Å². The van der Waals surface area contributed by atoms with Crippen molar-refractivity contribution in [1.82, 2.24) is 9.80 Å². The quantitative estimate of drug-likeness (QED) is 0.536. The van der Waals surface area contributed by atoms with Crippen LogP contribution in [-0.4, -0.2) is 66.2 Å². The number of carbonyl (C=O) groups is 3. The van der Waals surface area contributed by atoms with E-state index in [9.17, 15) is 24.6 Å². The van der Waals surface area contributed by atoms with Gasteiger partial charge in [0, 0.05) is 10.7 Å². The minimum Gasteiger partial charge on any atom is -0.480 e. The summed E-state index contributed by atoms with van der Waals surface area (Å²) in [6, 6.07) is -1.66. The number of hydrogen-bond acceptors (Lipinski definition) is 5. The van der Waals surface area contributed by atoms with Gasteiger partial charge in [-0.2, -0.15) is 0 Å². The van der Waals surface area contributed by atoms with Crippen molar-refractivity contribution in [3.05, 3.63) is 12.2 Å². The Balaban J connectivity index is 1.46. The minimum absolute atomic E-state index is 0.142. The molecule has 2 N–H and O–H groups in total. The van der Waals surface area contributed by atoms with Crippen LogP contribution in [0, 0.1) is 23.7 Å². The molecule has 26 heavy (non-hydrogen) atoms. The topological polar surface area (TPSA) is 98.2 Å². The molecule has 0 aromatic heterocycles. The molecule has 3 aliphatic carbocycles. The minimum atomic E-state index is -1.03. The number of aliphatic carboxylic acids is 1. The Labute approximate surface area is 155 Å². The maximum absolute atomic E-state index is 13.1. The van der Waals surface area contributed by atoms with Crippen molar-refractivity contribution in [2.24, 2.45) is 23.7 Å². The van der Waals surface area contributed by atoms with Gasteiger partial charge in [-0.05, 0) is 38.5 Å². The Morgan fingerprint density at radius 2 is 1.81 bits per heavy atom. The average molecular weight is 378 g/mol. The Morgan fingerprint density at radius 3 is 2.38 bits per heavy atom. The first-order chi connectivity index (χ1) is 12.2. The number of carboxylic acids is 1. The number of carboxylic acid groups (broad SMARTS) is 1. The number of allylic oxidation sites excluding steroid dienone is 2. The van der Waals surface area contributed by atoms with Crippen molar-refractivity contribution in [2.45, 2.75) is 55.1 Å². The summed E-state index contributed by atoms with van der Waals surface area (Å²) in [5.74, 6) is -1.60. The number of aliphatic hydroxyl groups is 1. The fourth-order valence-corrected chi connectivity index (χ4v) is 7.51. The Morgan fingerprint density at radius 1 is 1.15 bits per heavy atom. The van der Waals surface area contributed by atoms with E-state index in [0.29, 0.717) is 0 Å². The lowest BCUT2D eigenvalue weighted by atomic mass is 9.63. The third kappa shape index (κ3) is 1.82. The van der Waals surface area contributed by atoms with E-state index in [1.807, 2.05) is 13.8 Å². The molecule has 4 fully saturated rings. The number of fused-ring (bicyclic) bond motifs is 2. The highest BCUT2D eigenvalue weighted by Gasteiger charge is 2.69. The van der Waals surface area contributed by atoms with Gasteiger partial charge in [0.1, 0.15) is 23.7 Å². The van der Waals surface area contributed by atoms with Gasteiger partial charge < -0.3 is 20.0 Å². The second kappa shape index (κ2) is 5.04. The number of thioether (sulfide) groups is 1. The van der Waals surface area contributed by atoms with E-state index in [1.165, 1.54) is 21.6 Å². The summed E-state index contributed by atoms with van der Waals surface area (Å²) in [5, 5.41) is 20.1. The third-order valence-corrected chi connectivity index (χ3v) is 8.48. The highest BCUT2D eigenvalue weighted by molar-refractivity contribution is 8.01. The molecule has 3 aliphatic heterocycles. The number of carbonyl (C=O) groups excluding carboxylic acids is 2. The molecule has 7 nitrogen and oxygen atoms in total. The first-order valence-electron chi connectivity index (χ1n) is 9.15. The number of aliphatic hydroxyl groups excluding tert-OH is 1. The van der Waals surface area contributed by atoms with Crippen molar-refractivity contribution < 1.29 is 24.6 Å². The zero-order valence-corrected chi connectivity index (χ0v) is 15.4. The van der Waals surface area contributed by atoms with E-state index in [2.05, 4.69) is 12.2 Å². The predicted molar refractivity (Wildman–Crippen MR) is 92.7 cm³/mol. The van der Waals surface area contributed by atoms with Crippen LogP contribution in [0.2, 0.25) is 0 Å². The number of hydrogen-bond donors (Lipinski definition) is 2. The summed E-state index contributed by atoms with van der Waals surface area (Å²) >= 11 is 1.41. The van der Waals surface area contributed by atoms with Crippen LogP contribution in [0.4, 0.5) is 0 Å². The Bertz CT molecular complexity index is 752. The Hall–Kier alpha value is -1.54. The summed E-state index contributed by atoms with van der Waals surface area (Å²) in [6.07, 6.45) is 5.15. The second-order valence-electron chi connectivity index (χ2n) is 8.60. The molecule has 8 heteroatoms. The second-order valence-corrected chi connectivity index (χ2v) is 10.4. The van der Waals surface area contributed by atoms with Gasteiger partial charge in [-0.15, -0.1) is 11.8 Å². The van der Waals surface area contributed by atoms with Gasteiger partial charge >= 0.3 is 5.97 Å². The van der Waals surface area contributed by atoms with Crippen LogP contribution >= 0.6 is 11.8 Å². The van der Waals surface area contributed by atoms with Gasteiger partial charge in [0.2, 0.25) is 11.8 Å². The number of likely N-dealkylation sites (tertiary alicyclic amines) is 1. The lowest BCUT2D eigenvalue weighted by molar-refractivity contribution is -0.174. The van der Waals surface area contributed by atoms with E-state index >= 15 is 0 Å². The maximum Gasteiger partial charge on any atom is 0.327 e. The molecule has 2 bridgehead atoms. The molecule has 0 aromatic carbocycles. The number of amides is 2. The van der Waals surface area contributed by atoms with Crippen molar-refractivity contribution in [3.63, 3.8) is 0 Å². The van der Waals surface area contributed by atoms with Gasteiger partial charge in [-0.1, -0.05) is 12.2 Å². The summed E-state index contributed by atoms with van der Waals surface area (Å²) in [4.78, 5) is 40.4. The monoisotopic (exact) mass is 378 g/mol. The van der Waals surface area contributed by atoms with E-state index < -0.39 is 34.4 Å². The summed E-state index contributed by atoms with van der Waals surface area (Å²) < 4.78 is -0.637. The molecule has 0 aromatic rings. The molecule has 3 saturated heterocycles. The maximum atomic E-state index is 13.1. The van der Waals surface area contributed by atoms with Crippen molar-refractivity contribution >= 4 is 29.5 Å². The van der Waals surface area contributed by atoms with Gasteiger partial charge in [0.25, 0.3) is 0 Å². The highest BCUT2D eigenvalue weighted by Crippen LogP contribution is 2.56. The molecule has 8 atom stereocenters. The molecule has 140 valence electrons. The van der Waals surface area contributed by atoms with Gasteiger partial charge in [-0.25, -0.2) is 4.79 Å². The Kier molecular flexibility index (Phi) is 3.22. The molecular formula is C18H22N2O5S. The van der Waals surface area contributed by atoms with Crippen LogP contribution in [0.3, 0.4) is 0 Å². The largest absolute Gasteiger partial charge is 0.480 e. The molecule has 1 saturated carbocycles. The SMILES string of the molecule is CC1(C)SC2C(N3C(=O)C4C5C=CC(CC5)C4C3O)C(=O)N2C1C(=O)O. The fraction of sp³-hybridized carbons (Fsp3) is 0.722. The molecule has 6 rings (SSSR count). The van der Waals surface area contributed by atoms with Crippen molar-refractivity contribution in [1.29, 1.82) is 0 Å². The highest BCUT2D eigenvalue weighted by atomic mass is 32.2. The smallest absolute Gasteiger partial charge is 0.327 e. The zero-order valence-electron chi connectivity index (χ0n) is 14.6. The number of rotatable bonds is 2. The lowest BCUT2D eigenvalue weighted by Gasteiger charge is -2.48. The normalized spacial score (nSPS) is 47.8. The van der Waals surface area contributed by atoms with Crippen LogP contribution in [0.15, 0.2) is 12.2 Å². The van der Waals surface area contributed by atoms with E-state index in [-0.39, 0.29) is 35.5 Å². The van der Waals surface area contributed by atoms with Crippen LogP contribution in [0.25, 0.3) is 0 Å². The van der Waals surface area contributed by atoms with Crippen LogP contribution in [-0.2, 0) is 14.4 Å². The van der Waals surface area contributed by atoms with Crippen LogP contribution in [0.5, 0.6) is 0 Å². The van der Waals surface area contributed by atoms with E-state index in [4.69, 9.17) is 0 Å². The molecule has 2 amide bonds. The first kappa shape index (κ1) is 16.6. The standard InChI is InChI=1S/C18H22N2O5S/c1-18(2)12(17(24)25)20-15(23)11(16(20)26-18)19-13(21)9-7-3-4-8(6-5-7)10(9)14(19)22/h3-4,7-13,16,21H,5-6H2,1-2H3,(H,24,25). The van der Waals surface area contributed by atoms with Crippen molar-refractivity contribution in [2.75, 3.05) is 0 Å². The van der Waals surface area contributed by atoms with Gasteiger partial charge in [0.05, 0.1) is 5.92 Å². The van der Waals surface area contributed by atoms with Gasteiger partial charge in [-0.3, -0.25) is 9.59 Å². The summed E-state index contributed by atoms with van der Waals surface area (Å²) in [7, 11) is 0. The molecule has 6 aliphatic rings. The lowest BCUT2D eigenvalue weighted by Crippen LogP contribution is -2.72. The van der Waals surface area contributed by atoms with Crippen LogP contribution < -0.4 is 0 Å². The van der Waals surface area contributed by atoms with E-state index in [1.54, 1.807) is 0 Å². The molecule has 0 radical (unpaired) electrons. The summed E-state index contributed by atoms with van der Waals surface area (Å²) in [6.45, 7) is 3.62. The first-order valence-corrected chi connectivity index (χ1v) is 10.0. The zero-order chi connectivity index (χ0) is 18.5. The van der Waals surface area contributed by atoms with Crippen LogP contribution in [0.1, 0.15) is 26.7 Å².